The molecular weight excluding hydrogens is 449 g/mol. The highest BCUT2D eigenvalue weighted by atomic mass is 19.4. The number of ether oxygens (including phenoxy) is 1. The lowest BCUT2D eigenvalue weighted by atomic mass is 10.1. The average molecular weight is 468 g/mol. The minimum atomic E-state index is -4.93. The topological polar surface area (TPSA) is 61.8 Å². The number of carbonyl (C=O) groups is 1. The summed E-state index contributed by atoms with van der Waals surface area (Å²) in [5, 5.41) is 12.0. The Balaban J connectivity index is 2.33. The quantitative estimate of drug-likeness (QED) is 0.519. The summed E-state index contributed by atoms with van der Waals surface area (Å²) in [4.78, 5) is 12.3. The molecule has 2 aromatic rings. The number of hydrogen-bond donors (Lipinski definition) is 2. The molecule has 2 aromatic carbocycles. The number of rotatable bonds is 9. The van der Waals surface area contributed by atoms with E-state index in [0.29, 0.717) is 0 Å². The van der Waals surface area contributed by atoms with E-state index in [1.54, 1.807) is 0 Å². The lowest BCUT2D eigenvalue weighted by Gasteiger charge is -2.29. The van der Waals surface area contributed by atoms with Gasteiger partial charge in [0, 0.05) is 24.8 Å². The van der Waals surface area contributed by atoms with Gasteiger partial charge >= 0.3 is 18.7 Å². The fraction of sp³-hybridized carbons (Fsp3) is 0.350. The molecule has 0 saturated carbocycles. The Bertz CT molecular complexity index is 922. The van der Waals surface area contributed by atoms with Crippen LogP contribution in [-0.2, 0) is 11.3 Å². The standard InChI is InChI=1S/C20H19F7N2O3/c1-12(30)28-14-5-3-6-15(9-14)29(11-17(31)19(23,24)25)10-13-4-2-7-16(8-13)32-20(26,27)18(21)22/h2-9,17-18,31H,10-11H2,1H3,(H,28,30). The Morgan fingerprint density at radius 2 is 1.75 bits per heavy atom. The van der Waals surface area contributed by atoms with Gasteiger partial charge in [-0.25, -0.2) is 0 Å². The third kappa shape index (κ3) is 7.29. The van der Waals surface area contributed by atoms with Gasteiger partial charge < -0.3 is 20.1 Å². The zero-order valence-electron chi connectivity index (χ0n) is 16.5. The van der Waals surface area contributed by atoms with Crippen LogP contribution in [0.5, 0.6) is 5.75 Å². The number of carbonyl (C=O) groups excluding carboxylic acids is 1. The van der Waals surface area contributed by atoms with Crippen molar-refractivity contribution in [2.24, 2.45) is 0 Å². The van der Waals surface area contributed by atoms with Gasteiger partial charge in [0.05, 0.1) is 6.54 Å². The number of aliphatic hydroxyl groups excluding tert-OH is 1. The number of amides is 1. The molecule has 0 aliphatic heterocycles. The molecule has 0 saturated heterocycles. The Hall–Kier alpha value is -3.02. The van der Waals surface area contributed by atoms with Gasteiger partial charge in [-0.2, -0.15) is 30.7 Å². The van der Waals surface area contributed by atoms with Crippen molar-refractivity contribution in [1.29, 1.82) is 0 Å². The van der Waals surface area contributed by atoms with Crippen molar-refractivity contribution >= 4 is 17.3 Å². The SMILES string of the molecule is CC(=O)Nc1cccc(N(Cc2cccc(OC(F)(F)C(F)F)c2)CC(O)C(F)(F)F)c1. The first kappa shape index (κ1) is 25.2. The van der Waals surface area contributed by atoms with Crippen molar-refractivity contribution in [2.75, 3.05) is 16.8 Å². The van der Waals surface area contributed by atoms with Gasteiger partial charge in [0.15, 0.2) is 6.10 Å². The van der Waals surface area contributed by atoms with Crippen LogP contribution in [-0.4, -0.2) is 42.4 Å². The molecule has 0 heterocycles. The van der Waals surface area contributed by atoms with Gasteiger partial charge in [-0.3, -0.25) is 4.79 Å². The molecule has 0 spiro atoms. The van der Waals surface area contributed by atoms with E-state index in [0.717, 1.165) is 17.0 Å². The van der Waals surface area contributed by atoms with E-state index in [-0.39, 0.29) is 23.5 Å². The maximum Gasteiger partial charge on any atom is 0.461 e. The first-order chi connectivity index (χ1) is 14.8. The zero-order chi connectivity index (χ0) is 24.1. The largest absolute Gasteiger partial charge is 0.461 e. The summed E-state index contributed by atoms with van der Waals surface area (Å²) in [6.45, 7) is -0.0159. The molecule has 1 atom stereocenters. The number of nitrogens with one attached hydrogen (secondary N) is 1. The molecule has 0 radical (unpaired) electrons. The van der Waals surface area contributed by atoms with Crippen LogP contribution in [0, 0.1) is 0 Å². The highest BCUT2D eigenvalue weighted by Crippen LogP contribution is 2.30. The van der Waals surface area contributed by atoms with E-state index in [4.69, 9.17) is 0 Å². The highest BCUT2D eigenvalue weighted by Gasteiger charge is 2.44. The molecule has 32 heavy (non-hydrogen) atoms. The number of alkyl halides is 7. The third-order valence-corrected chi connectivity index (χ3v) is 4.08. The molecule has 1 unspecified atom stereocenters. The maximum atomic E-state index is 13.2. The van der Waals surface area contributed by atoms with E-state index in [9.17, 15) is 40.6 Å². The van der Waals surface area contributed by atoms with E-state index >= 15 is 0 Å². The second kappa shape index (κ2) is 10.1. The van der Waals surface area contributed by atoms with Crippen molar-refractivity contribution in [2.45, 2.75) is 38.3 Å². The molecule has 2 N–H and O–H groups in total. The lowest BCUT2D eigenvalue weighted by molar-refractivity contribution is -0.253. The van der Waals surface area contributed by atoms with Gasteiger partial charge in [-0.05, 0) is 35.9 Å². The number of aliphatic hydroxyl groups is 1. The van der Waals surface area contributed by atoms with E-state index in [1.807, 2.05) is 0 Å². The van der Waals surface area contributed by atoms with Crippen molar-refractivity contribution in [1.82, 2.24) is 0 Å². The number of hydrogen-bond acceptors (Lipinski definition) is 4. The number of nitrogens with zero attached hydrogens (tertiary/aromatic N) is 1. The molecule has 176 valence electrons. The smallest absolute Gasteiger partial charge is 0.428 e. The minimum Gasteiger partial charge on any atom is -0.428 e. The summed E-state index contributed by atoms with van der Waals surface area (Å²) in [6, 6.07) is 10.2. The zero-order valence-corrected chi connectivity index (χ0v) is 16.5. The summed E-state index contributed by atoms with van der Waals surface area (Å²) in [6.07, 6.45) is -16.5. The van der Waals surface area contributed by atoms with Gasteiger partial charge in [0.1, 0.15) is 5.75 Å². The second-order valence-electron chi connectivity index (χ2n) is 6.78. The van der Waals surface area contributed by atoms with Crippen LogP contribution in [0.2, 0.25) is 0 Å². The lowest BCUT2D eigenvalue weighted by Crippen LogP contribution is -2.41. The predicted octanol–water partition coefficient (Wildman–Crippen LogP) is 4.81. The summed E-state index contributed by atoms with van der Waals surface area (Å²) in [5.74, 6) is -1.04. The van der Waals surface area contributed by atoms with Gasteiger partial charge in [-0.1, -0.05) is 18.2 Å². The van der Waals surface area contributed by atoms with Crippen molar-refractivity contribution in [3.8, 4) is 5.75 Å². The van der Waals surface area contributed by atoms with Crippen LogP contribution >= 0.6 is 0 Å². The van der Waals surface area contributed by atoms with Crippen LogP contribution in [0.3, 0.4) is 0 Å². The molecular formula is C20H19F7N2O3. The van der Waals surface area contributed by atoms with Crippen LogP contribution in [0.4, 0.5) is 42.1 Å². The Morgan fingerprint density at radius 3 is 2.34 bits per heavy atom. The van der Waals surface area contributed by atoms with Gasteiger partial charge in [0.25, 0.3) is 0 Å². The van der Waals surface area contributed by atoms with Crippen molar-refractivity contribution < 1.29 is 45.4 Å². The molecule has 0 fully saturated rings. The molecule has 0 aliphatic rings. The summed E-state index contributed by atoms with van der Waals surface area (Å²) >= 11 is 0. The van der Waals surface area contributed by atoms with Crippen LogP contribution in [0.1, 0.15) is 12.5 Å². The van der Waals surface area contributed by atoms with Crippen LogP contribution < -0.4 is 15.0 Å². The predicted molar refractivity (Wildman–Crippen MR) is 102 cm³/mol. The fourth-order valence-corrected chi connectivity index (χ4v) is 2.69. The maximum absolute atomic E-state index is 13.2. The molecule has 0 bridgehead atoms. The van der Waals surface area contributed by atoms with Crippen molar-refractivity contribution in [3.63, 3.8) is 0 Å². The molecule has 0 aliphatic carbocycles. The monoisotopic (exact) mass is 468 g/mol. The van der Waals surface area contributed by atoms with Crippen LogP contribution in [0.25, 0.3) is 0 Å². The number of benzene rings is 2. The Labute approximate surface area is 178 Å². The summed E-state index contributed by atoms with van der Waals surface area (Å²) in [7, 11) is 0. The minimum absolute atomic E-state index is 0.145. The molecule has 2 rings (SSSR count). The summed E-state index contributed by atoms with van der Waals surface area (Å²) in [5.41, 5.74) is 0.589. The molecule has 0 aromatic heterocycles. The normalized spacial score (nSPS) is 13.1. The Morgan fingerprint density at radius 1 is 1.09 bits per heavy atom. The highest BCUT2D eigenvalue weighted by molar-refractivity contribution is 5.89. The van der Waals surface area contributed by atoms with E-state index in [2.05, 4.69) is 10.1 Å². The second-order valence-corrected chi connectivity index (χ2v) is 6.78. The summed E-state index contributed by atoms with van der Waals surface area (Å²) < 4.78 is 93.9. The first-order valence-corrected chi connectivity index (χ1v) is 9.09. The first-order valence-electron chi connectivity index (χ1n) is 9.09. The molecule has 5 nitrogen and oxygen atoms in total. The molecule has 1 amide bonds. The Kier molecular flexibility index (Phi) is 7.94. The fourth-order valence-electron chi connectivity index (χ4n) is 2.69. The van der Waals surface area contributed by atoms with Crippen molar-refractivity contribution in [3.05, 3.63) is 54.1 Å². The van der Waals surface area contributed by atoms with Gasteiger partial charge in [0.2, 0.25) is 5.91 Å². The number of anilines is 2. The van der Waals surface area contributed by atoms with Gasteiger partial charge in [-0.15, -0.1) is 0 Å². The van der Waals surface area contributed by atoms with Crippen LogP contribution in [0.15, 0.2) is 48.5 Å². The number of halogens is 7. The molecule has 12 heteroatoms. The van der Waals surface area contributed by atoms with E-state index < -0.39 is 43.0 Å². The average Bonchev–Trinajstić information content (AvgIpc) is 2.66. The van der Waals surface area contributed by atoms with E-state index in [1.165, 1.54) is 43.3 Å². The third-order valence-electron chi connectivity index (χ3n) is 4.08.